The van der Waals surface area contributed by atoms with E-state index in [4.69, 9.17) is 28.1 Å². The van der Waals surface area contributed by atoms with Crippen LogP contribution in [-0.4, -0.2) is 38.1 Å². The van der Waals surface area contributed by atoms with Gasteiger partial charge in [0.15, 0.2) is 0 Å². The lowest BCUT2D eigenvalue weighted by Gasteiger charge is -2.54. The molecule has 1 aromatic heterocycles. The number of H-pyrrole nitrogens is 1. The zero-order valence-electron chi connectivity index (χ0n) is 19.2. The molecule has 0 bridgehead atoms. The quantitative estimate of drug-likeness (QED) is 0.479. The second kappa shape index (κ2) is 8.71. The lowest BCUT2D eigenvalue weighted by Crippen LogP contribution is -2.58. The number of para-hydroxylation sites is 2. The Morgan fingerprint density at radius 1 is 1.12 bits per heavy atom. The zero-order valence-corrected chi connectivity index (χ0v) is 20.0. The number of nitrogens with two attached hydrogens (primary N) is 2. The van der Waals surface area contributed by atoms with Gasteiger partial charge in [0.05, 0.1) is 28.0 Å². The number of fused-ring (bicyclic) bond motifs is 1. The largest absolute Gasteiger partial charge is 0.369 e. The van der Waals surface area contributed by atoms with Gasteiger partial charge in [-0.15, -0.1) is 11.6 Å². The van der Waals surface area contributed by atoms with Crippen molar-refractivity contribution in [2.45, 2.75) is 62.0 Å². The van der Waals surface area contributed by atoms with Gasteiger partial charge in [-0.2, -0.15) is 0 Å². The summed E-state index contributed by atoms with van der Waals surface area (Å²) in [6.45, 7) is 2.15. The molecule has 8 heteroatoms. The van der Waals surface area contributed by atoms with Crippen LogP contribution < -0.4 is 11.5 Å². The maximum absolute atomic E-state index is 12.3. The summed E-state index contributed by atoms with van der Waals surface area (Å²) in [5, 5.41) is -0.133. The first-order valence-electron chi connectivity index (χ1n) is 11.9. The number of nitrogens with one attached hydrogen (secondary N) is 1. The third-order valence-electron chi connectivity index (χ3n) is 7.73. The van der Waals surface area contributed by atoms with Crippen LogP contribution in [0.1, 0.15) is 66.8 Å². The number of hydrogen-bond acceptors (Lipinski definition) is 4. The van der Waals surface area contributed by atoms with Crippen LogP contribution >= 0.6 is 11.6 Å². The zero-order chi connectivity index (χ0) is 24.0. The molecule has 2 fully saturated rings. The van der Waals surface area contributed by atoms with E-state index in [2.05, 4.69) is 16.8 Å². The minimum atomic E-state index is -0.469. The van der Waals surface area contributed by atoms with Gasteiger partial charge in [-0.25, -0.2) is 4.98 Å². The number of primary amides is 2. The van der Waals surface area contributed by atoms with Crippen molar-refractivity contribution in [2.75, 3.05) is 0 Å². The fraction of sp³-hybridized carbons (Fsp3) is 0.423. The minimum absolute atomic E-state index is 0.0413. The molecule has 0 radical (unpaired) electrons. The molecule has 34 heavy (non-hydrogen) atoms. The van der Waals surface area contributed by atoms with E-state index in [-0.39, 0.29) is 29.3 Å². The Kier molecular flexibility index (Phi) is 5.86. The van der Waals surface area contributed by atoms with E-state index in [9.17, 15) is 9.59 Å². The lowest BCUT2D eigenvalue weighted by atomic mass is 9.77. The molecule has 7 nitrogen and oxygen atoms in total. The summed E-state index contributed by atoms with van der Waals surface area (Å²) >= 11 is 7.15. The van der Waals surface area contributed by atoms with Gasteiger partial charge in [0.2, 0.25) is 11.8 Å². The molecule has 5 rings (SSSR count). The number of aromatic amines is 1. The van der Waals surface area contributed by atoms with Crippen LogP contribution in [0.2, 0.25) is 0 Å². The van der Waals surface area contributed by atoms with E-state index in [1.807, 2.05) is 36.4 Å². The van der Waals surface area contributed by atoms with Crippen LogP contribution in [-0.2, 0) is 10.3 Å². The van der Waals surface area contributed by atoms with Crippen molar-refractivity contribution in [3.8, 4) is 0 Å². The van der Waals surface area contributed by atoms with Crippen molar-refractivity contribution in [2.24, 2.45) is 17.4 Å². The van der Waals surface area contributed by atoms with Gasteiger partial charge < -0.3 is 16.5 Å². The first-order valence-corrected chi connectivity index (χ1v) is 12.3. The summed E-state index contributed by atoms with van der Waals surface area (Å²) < 4.78 is 0. The number of imidazole rings is 1. The molecule has 178 valence electrons. The number of piperidine rings is 1. The topological polar surface area (TPSA) is 118 Å². The maximum Gasteiger partial charge on any atom is 0.248 e. The average Bonchev–Trinajstić information content (AvgIpc) is 3.42. The number of aromatic nitrogens is 2. The molecule has 5 unspecified atom stereocenters. The van der Waals surface area contributed by atoms with Gasteiger partial charge in [-0.3, -0.25) is 14.5 Å². The average molecular weight is 480 g/mol. The van der Waals surface area contributed by atoms with E-state index >= 15 is 0 Å². The molecular weight excluding hydrogens is 450 g/mol. The highest BCUT2D eigenvalue weighted by molar-refractivity contribution is 6.21. The Bertz CT molecular complexity index is 1190. The molecule has 1 saturated heterocycles. The predicted molar refractivity (Wildman–Crippen MR) is 132 cm³/mol. The molecule has 5 N–H and O–H groups in total. The van der Waals surface area contributed by atoms with Crippen LogP contribution in [0.4, 0.5) is 0 Å². The Morgan fingerprint density at radius 2 is 1.85 bits per heavy atom. The number of amides is 2. The highest BCUT2D eigenvalue weighted by Gasteiger charge is 2.54. The third-order valence-corrected chi connectivity index (χ3v) is 8.31. The SMILES string of the molecule is CC1CC(C(N)=O)CC(c2nc3ccccc3[nH]2)N1C1(c2ccc(C(N)=O)cc2)CCCC1Cl. The fourth-order valence-electron chi connectivity index (χ4n) is 6.22. The Hall–Kier alpha value is -2.90. The molecule has 1 saturated carbocycles. The number of alkyl halides is 1. The summed E-state index contributed by atoms with van der Waals surface area (Å²) in [4.78, 5) is 34.9. The van der Waals surface area contributed by atoms with Crippen molar-refractivity contribution in [1.29, 1.82) is 0 Å². The number of carbonyl (C=O) groups is 2. The number of hydrogen-bond donors (Lipinski definition) is 3. The van der Waals surface area contributed by atoms with Crippen molar-refractivity contribution < 1.29 is 9.59 Å². The summed E-state index contributed by atoms with van der Waals surface area (Å²) in [7, 11) is 0. The second-order valence-corrected chi connectivity index (χ2v) is 10.2. The molecule has 1 aliphatic carbocycles. The number of nitrogens with zero attached hydrogens (tertiary/aromatic N) is 2. The summed E-state index contributed by atoms with van der Waals surface area (Å²) in [6.07, 6.45) is 3.98. The van der Waals surface area contributed by atoms with E-state index in [0.29, 0.717) is 18.4 Å². The molecule has 2 heterocycles. The van der Waals surface area contributed by atoms with Gasteiger partial charge in [0, 0.05) is 17.5 Å². The molecule has 3 aromatic rings. The standard InChI is InChI=1S/C26H30ClN5O2/c1-15-13-17(24(29)34)14-21(25-30-19-5-2-3-6-20(19)31-25)32(15)26(12-4-7-22(26)27)18-10-8-16(9-11-18)23(28)33/h2-3,5-6,8-11,15,17,21-22H,4,7,12-14H2,1H3,(H2,28,33)(H2,29,34)(H,30,31). The molecule has 0 spiro atoms. The summed E-state index contributed by atoms with van der Waals surface area (Å²) in [5.41, 5.74) is 14.2. The summed E-state index contributed by atoms with van der Waals surface area (Å²) in [5.74, 6) is -0.150. The first-order chi connectivity index (χ1) is 16.3. The van der Waals surface area contributed by atoms with Gasteiger partial charge in [-0.1, -0.05) is 24.3 Å². The van der Waals surface area contributed by atoms with E-state index < -0.39 is 11.4 Å². The number of halogens is 1. The smallest absolute Gasteiger partial charge is 0.248 e. The maximum atomic E-state index is 12.3. The van der Waals surface area contributed by atoms with Crippen LogP contribution in [0.5, 0.6) is 0 Å². The van der Waals surface area contributed by atoms with Crippen LogP contribution in [0.25, 0.3) is 11.0 Å². The van der Waals surface area contributed by atoms with Crippen LogP contribution in [0.15, 0.2) is 48.5 Å². The third kappa shape index (κ3) is 3.67. The second-order valence-electron chi connectivity index (χ2n) is 9.71. The van der Waals surface area contributed by atoms with Gasteiger partial charge in [0.1, 0.15) is 5.82 Å². The molecular formula is C26H30ClN5O2. The fourth-order valence-corrected chi connectivity index (χ4v) is 6.73. The normalized spacial score (nSPS) is 29.9. The molecule has 1 aliphatic heterocycles. The molecule has 2 aromatic carbocycles. The van der Waals surface area contributed by atoms with Crippen molar-refractivity contribution >= 4 is 34.4 Å². The Morgan fingerprint density at radius 3 is 2.47 bits per heavy atom. The summed E-state index contributed by atoms with van der Waals surface area (Å²) in [6, 6.07) is 15.3. The molecule has 5 atom stereocenters. The van der Waals surface area contributed by atoms with E-state index in [1.54, 1.807) is 12.1 Å². The van der Waals surface area contributed by atoms with E-state index in [0.717, 1.165) is 41.7 Å². The minimum Gasteiger partial charge on any atom is -0.369 e. The van der Waals surface area contributed by atoms with E-state index in [1.165, 1.54) is 0 Å². The number of rotatable bonds is 5. The highest BCUT2D eigenvalue weighted by Crippen LogP contribution is 2.54. The van der Waals surface area contributed by atoms with Gasteiger partial charge in [0.25, 0.3) is 0 Å². The van der Waals surface area contributed by atoms with Gasteiger partial charge >= 0.3 is 0 Å². The number of benzene rings is 2. The monoisotopic (exact) mass is 479 g/mol. The first kappa shape index (κ1) is 22.9. The Labute approximate surface area is 203 Å². The molecule has 2 aliphatic rings. The van der Waals surface area contributed by atoms with Crippen LogP contribution in [0.3, 0.4) is 0 Å². The van der Waals surface area contributed by atoms with Crippen molar-refractivity contribution in [3.05, 3.63) is 65.5 Å². The Balaban J connectivity index is 1.65. The number of carbonyl (C=O) groups excluding carboxylic acids is 2. The number of likely N-dealkylation sites (tertiary alicyclic amines) is 1. The van der Waals surface area contributed by atoms with Crippen molar-refractivity contribution in [1.82, 2.24) is 14.9 Å². The van der Waals surface area contributed by atoms with Crippen LogP contribution in [0, 0.1) is 5.92 Å². The van der Waals surface area contributed by atoms with Gasteiger partial charge in [-0.05, 0) is 68.9 Å². The predicted octanol–water partition coefficient (Wildman–Crippen LogP) is 3.98. The highest BCUT2D eigenvalue weighted by atomic mass is 35.5. The molecule has 2 amide bonds. The lowest BCUT2D eigenvalue weighted by molar-refractivity contribution is -0.127. The van der Waals surface area contributed by atoms with Crippen molar-refractivity contribution in [3.63, 3.8) is 0 Å².